The van der Waals surface area contributed by atoms with Gasteiger partial charge in [0.2, 0.25) is 0 Å². The molecule has 0 unspecified atom stereocenters. The zero-order chi connectivity index (χ0) is 15.6. The second kappa shape index (κ2) is 5.77. The minimum Gasteiger partial charge on any atom is -0.508 e. The third-order valence-electron chi connectivity index (χ3n) is 3.29. The molecular formula is C16H19NO3S. The van der Waals surface area contributed by atoms with Crippen LogP contribution in [0.15, 0.2) is 47.4 Å². The summed E-state index contributed by atoms with van der Waals surface area (Å²) >= 11 is 0. The SMILES string of the molecule is Cc1ccc(C(C)C)cc1S(=O)(=O)Nc1ccc(O)cc1. The number of aromatic hydroxyl groups is 1. The molecule has 0 atom stereocenters. The molecule has 21 heavy (non-hydrogen) atoms. The topological polar surface area (TPSA) is 66.4 Å². The van der Waals surface area contributed by atoms with Crippen LogP contribution in [0, 0.1) is 6.92 Å². The zero-order valence-corrected chi connectivity index (χ0v) is 13.1. The van der Waals surface area contributed by atoms with Crippen molar-refractivity contribution in [2.75, 3.05) is 4.72 Å². The lowest BCUT2D eigenvalue weighted by Gasteiger charge is -2.13. The van der Waals surface area contributed by atoms with E-state index in [0.29, 0.717) is 11.3 Å². The van der Waals surface area contributed by atoms with Crippen LogP contribution in [0.25, 0.3) is 0 Å². The number of benzene rings is 2. The summed E-state index contributed by atoms with van der Waals surface area (Å²) in [6.45, 7) is 5.82. The Kier molecular flexibility index (Phi) is 4.23. The standard InChI is InChI=1S/C16H19NO3S/c1-11(2)13-5-4-12(3)16(10-13)21(19,20)17-14-6-8-15(18)9-7-14/h4-11,17-18H,1-3H3. The van der Waals surface area contributed by atoms with Crippen LogP contribution < -0.4 is 4.72 Å². The van der Waals surface area contributed by atoms with Gasteiger partial charge in [0.1, 0.15) is 5.75 Å². The first-order chi connectivity index (χ1) is 9.79. The Morgan fingerprint density at radius 2 is 1.67 bits per heavy atom. The van der Waals surface area contributed by atoms with Gasteiger partial charge >= 0.3 is 0 Å². The van der Waals surface area contributed by atoms with E-state index in [2.05, 4.69) is 4.72 Å². The molecule has 2 N–H and O–H groups in total. The fraction of sp³-hybridized carbons (Fsp3) is 0.250. The predicted molar refractivity (Wildman–Crippen MR) is 84.2 cm³/mol. The maximum atomic E-state index is 12.5. The lowest BCUT2D eigenvalue weighted by Crippen LogP contribution is -2.14. The van der Waals surface area contributed by atoms with E-state index in [1.165, 1.54) is 24.3 Å². The second-order valence-corrected chi connectivity index (χ2v) is 6.98. The first kappa shape index (κ1) is 15.4. The minimum atomic E-state index is -3.64. The van der Waals surface area contributed by atoms with Gasteiger partial charge in [-0.2, -0.15) is 0 Å². The molecule has 5 heteroatoms. The molecule has 2 aromatic carbocycles. The smallest absolute Gasteiger partial charge is 0.262 e. The van der Waals surface area contributed by atoms with E-state index in [-0.39, 0.29) is 16.6 Å². The molecule has 0 amide bonds. The van der Waals surface area contributed by atoms with Crippen molar-refractivity contribution in [2.45, 2.75) is 31.6 Å². The van der Waals surface area contributed by atoms with Crippen molar-refractivity contribution in [1.82, 2.24) is 0 Å². The highest BCUT2D eigenvalue weighted by Gasteiger charge is 2.18. The fourth-order valence-corrected chi connectivity index (χ4v) is 3.34. The predicted octanol–water partition coefficient (Wildman–Crippen LogP) is 3.62. The highest BCUT2D eigenvalue weighted by atomic mass is 32.2. The molecule has 0 saturated heterocycles. The Bertz CT molecular complexity index is 735. The van der Waals surface area contributed by atoms with Gasteiger partial charge in [-0.3, -0.25) is 4.72 Å². The molecule has 2 aromatic rings. The van der Waals surface area contributed by atoms with Crippen LogP contribution in [0.5, 0.6) is 5.75 Å². The summed E-state index contributed by atoms with van der Waals surface area (Å²) in [5, 5.41) is 9.24. The molecule has 0 saturated carbocycles. The van der Waals surface area contributed by atoms with Crippen molar-refractivity contribution in [3.63, 3.8) is 0 Å². The third kappa shape index (κ3) is 3.55. The van der Waals surface area contributed by atoms with E-state index in [1.807, 2.05) is 26.0 Å². The zero-order valence-electron chi connectivity index (χ0n) is 12.3. The van der Waals surface area contributed by atoms with Gasteiger partial charge in [0.15, 0.2) is 0 Å². The van der Waals surface area contributed by atoms with E-state index in [0.717, 1.165) is 5.56 Å². The molecule has 0 radical (unpaired) electrons. The first-order valence-electron chi connectivity index (χ1n) is 6.72. The maximum Gasteiger partial charge on any atom is 0.262 e. The van der Waals surface area contributed by atoms with Crippen LogP contribution in [0.1, 0.15) is 30.9 Å². The Morgan fingerprint density at radius 3 is 2.24 bits per heavy atom. The highest BCUT2D eigenvalue weighted by molar-refractivity contribution is 7.92. The third-order valence-corrected chi connectivity index (χ3v) is 4.81. The molecule has 0 spiro atoms. The number of aryl methyl sites for hydroxylation is 1. The molecule has 0 aliphatic carbocycles. The average Bonchev–Trinajstić information content (AvgIpc) is 2.41. The number of hydrogen-bond donors (Lipinski definition) is 2. The van der Waals surface area contributed by atoms with Crippen LogP contribution in [-0.2, 0) is 10.0 Å². The van der Waals surface area contributed by atoms with Crippen LogP contribution in [0.4, 0.5) is 5.69 Å². The molecular weight excluding hydrogens is 286 g/mol. The number of rotatable bonds is 4. The number of phenolic OH excluding ortho intramolecular Hbond substituents is 1. The van der Waals surface area contributed by atoms with Gasteiger partial charge < -0.3 is 5.11 Å². The van der Waals surface area contributed by atoms with Crippen LogP contribution in [0.3, 0.4) is 0 Å². The van der Waals surface area contributed by atoms with Crippen molar-refractivity contribution in [1.29, 1.82) is 0 Å². The molecule has 0 bridgehead atoms. The minimum absolute atomic E-state index is 0.0935. The van der Waals surface area contributed by atoms with Crippen LogP contribution >= 0.6 is 0 Å². The van der Waals surface area contributed by atoms with Gasteiger partial charge in [-0.1, -0.05) is 26.0 Å². The number of hydrogen-bond acceptors (Lipinski definition) is 3. The Morgan fingerprint density at radius 1 is 1.05 bits per heavy atom. The van der Waals surface area contributed by atoms with Crippen LogP contribution in [0.2, 0.25) is 0 Å². The molecule has 2 rings (SSSR count). The van der Waals surface area contributed by atoms with E-state index in [9.17, 15) is 13.5 Å². The largest absolute Gasteiger partial charge is 0.508 e. The molecule has 112 valence electrons. The molecule has 4 nitrogen and oxygen atoms in total. The summed E-state index contributed by atoms with van der Waals surface area (Å²) < 4.78 is 27.5. The van der Waals surface area contributed by atoms with E-state index >= 15 is 0 Å². The van der Waals surface area contributed by atoms with E-state index < -0.39 is 10.0 Å². The molecule has 0 aliphatic rings. The van der Waals surface area contributed by atoms with E-state index in [1.54, 1.807) is 13.0 Å². The number of anilines is 1. The van der Waals surface area contributed by atoms with Crippen molar-refractivity contribution in [3.05, 3.63) is 53.6 Å². The summed E-state index contributed by atoms with van der Waals surface area (Å²) in [6.07, 6.45) is 0. The Balaban J connectivity index is 2.39. The van der Waals surface area contributed by atoms with Crippen molar-refractivity contribution >= 4 is 15.7 Å². The fourth-order valence-electron chi connectivity index (χ4n) is 2.00. The molecule has 0 fully saturated rings. The van der Waals surface area contributed by atoms with Crippen molar-refractivity contribution in [3.8, 4) is 5.75 Å². The maximum absolute atomic E-state index is 12.5. The molecule has 0 aliphatic heterocycles. The average molecular weight is 305 g/mol. The summed E-state index contributed by atoms with van der Waals surface area (Å²) in [7, 11) is -3.64. The lowest BCUT2D eigenvalue weighted by atomic mass is 10.0. The van der Waals surface area contributed by atoms with Gasteiger partial charge in [-0.05, 0) is 54.3 Å². The normalized spacial score (nSPS) is 11.6. The number of sulfonamides is 1. The quantitative estimate of drug-likeness (QED) is 0.848. The van der Waals surface area contributed by atoms with Gasteiger partial charge in [0.05, 0.1) is 4.90 Å². The Hall–Kier alpha value is -2.01. The monoisotopic (exact) mass is 305 g/mol. The summed E-state index contributed by atoms with van der Waals surface area (Å²) in [4.78, 5) is 0.279. The molecule has 0 heterocycles. The van der Waals surface area contributed by atoms with Crippen molar-refractivity contribution in [2.24, 2.45) is 0 Å². The molecule has 0 aromatic heterocycles. The van der Waals surface area contributed by atoms with Gasteiger partial charge in [0.25, 0.3) is 10.0 Å². The van der Waals surface area contributed by atoms with Crippen molar-refractivity contribution < 1.29 is 13.5 Å². The summed E-state index contributed by atoms with van der Waals surface area (Å²) in [6, 6.07) is 11.4. The summed E-state index contributed by atoms with van der Waals surface area (Å²) in [5.41, 5.74) is 2.10. The number of nitrogens with one attached hydrogen (secondary N) is 1. The first-order valence-corrected chi connectivity index (χ1v) is 8.20. The summed E-state index contributed by atoms with van der Waals surface area (Å²) in [5.74, 6) is 0.351. The number of phenols is 1. The van der Waals surface area contributed by atoms with E-state index in [4.69, 9.17) is 0 Å². The van der Waals surface area contributed by atoms with Gasteiger partial charge in [-0.15, -0.1) is 0 Å². The van der Waals surface area contributed by atoms with Gasteiger partial charge in [0, 0.05) is 5.69 Å². The van der Waals surface area contributed by atoms with Crippen LogP contribution in [-0.4, -0.2) is 13.5 Å². The lowest BCUT2D eigenvalue weighted by molar-refractivity contribution is 0.475. The second-order valence-electron chi connectivity index (χ2n) is 5.33. The Labute approximate surface area is 125 Å². The highest BCUT2D eigenvalue weighted by Crippen LogP contribution is 2.24. The van der Waals surface area contributed by atoms with Gasteiger partial charge in [-0.25, -0.2) is 8.42 Å².